The number of ether oxygens (including phenoxy) is 5. The average molecular weight is 689 g/mol. The lowest BCUT2D eigenvalue weighted by Gasteiger charge is -2.28. The van der Waals surface area contributed by atoms with Crippen molar-refractivity contribution in [2.24, 2.45) is 0 Å². The van der Waals surface area contributed by atoms with Crippen molar-refractivity contribution < 1.29 is 42.9 Å². The van der Waals surface area contributed by atoms with Crippen LogP contribution >= 0.6 is 11.8 Å². The molecule has 1 aliphatic heterocycles. The fraction of sp³-hybridized carbons (Fsp3) is 0.150. The van der Waals surface area contributed by atoms with E-state index in [9.17, 15) is 19.2 Å². The van der Waals surface area contributed by atoms with Gasteiger partial charge in [0, 0.05) is 4.90 Å². The molecule has 5 aromatic rings. The quantitative estimate of drug-likeness (QED) is 0.0999. The van der Waals surface area contributed by atoms with E-state index in [0.717, 1.165) is 4.90 Å². The summed E-state index contributed by atoms with van der Waals surface area (Å²) in [4.78, 5) is 54.5. The van der Waals surface area contributed by atoms with Crippen molar-refractivity contribution >= 4 is 35.6 Å². The predicted molar refractivity (Wildman–Crippen MR) is 185 cm³/mol. The molecule has 0 bridgehead atoms. The molecule has 252 valence electrons. The minimum absolute atomic E-state index is 0.241. The van der Waals surface area contributed by atoms with E-state index in [1.54, 1.807) is 121 Å². The van der Waals surface area contributed by atoms with Crippen LogP contribution in [-0.4, -0.2) is 60.3 Å². The number of rotatable bonds is 12. The first-order valence-corrected chi connectivity index (χ1v) is 16.7. The molecule has 0 N–H and O–H groups in total. The van der Waals surface area contributed by atoms with Gasteiger partial charge in [0.05, 0.1) is 22.3 Å². The monoisotopic (exact) mass is 688 g/mol. The molecular formula is C40H32O9S. The number of hydrogen-bond acceptors (Lipinski definition) is 10. The molecule has 1 fully saturated rings. The summed E-state index contributed by atoms with van der Waals surface area (Å²) in [5, 5.41) is 0. The molecule has 0 amide bonds. The van der Waals surface area contributed by atoms with Crippen LogP contribution in [0.15, 0.2) is 157 Å². The standard InChI is InChI=1S/C40H32O9S/c41-36(27-16-6-1-7-17-27)45-26-32(46-37(42)28-18-8-2-9-19-28)33-34(47-38(43)29-20-10-3-11-21-29)35(48-39(44)30-22-12-4-13-23-30)40(49-33)50-31-24-14-5-15-25-31/h1-25,32-35,40H,26H2. The fourth-order valence-corrected chi connectivity index (χ4v) is 6.37. The lowest BCUT2D eigenvalue weighted by Crippen LogP contribution is -2.47. The highest BCUT2D eigenvalue weighted by Gasteiger charge is 2.54. The van der Waals surface area contributed by atoms with Gasteiger partial charge in [0.25, 0.3) is 0 Å². The largest absolute Gasteiger partial charge is 0.458 e. The topological polar surface area (TPSA) is 114 Å². The highest BCUT2D eigenvalue weighted by Crippen LogP contribution is 2.40. The number of carbonyl (C=O) groups is 4. The molecule has 5 aromatic carbocycles. The van der Waals surface area contributed by atoms with Gasteiger partial charge in [-0.2, -0.15) is 0 Å². The molecule has 0 aromatic heterocycles. The van der Waals surface area contributed by atoms with Crippen LogP contribution in [0.1, 0.15) is 41.4 Å². The molecule has 9 nitrogen and oxygen atoms in total. The number of hydrogen-bond donors (Lipinski definition) is 0. The molecule has 1 saturated heterocycles. The summed E-state index contributed by atoms with van der Waals surface area (Å²) in [5.41, 5.74) is 0.104. The molecule has 10 heteroatoms. The van der Waals surface area contributed by atoms with E-state index >= 15 is 0 Å². The third-order valence-corrected chi connectivity index (χ3v) is 8.89. The summed E-state index contributed by atoms with van der Waals surface area (Å²) in [7, 11) is 0. The molecule has 50 heavy (non-hydrogen) atoms. The van der Waals surface area contributed by atoms with Gasteiger partial charge in [-0.3, -0.25) is 0 Å². The van der Waals surface area contributed by atoms with Crippen LogP contribution in [0, 0.1) is 0 Å². The Morgan fingerprint density at radius 2 is 0.920 bits per heavy atom. The number of carbonyl (C=O) groups excluding carboxylic acids is 4. The van der Waals surface area contributed by atoms with E-state index in [4.69, 9.17) is 23.7 Å². The molecule has 1 aliphatic rings. The Kier molecular flexibility index (Phi) is 11.3. The molecule has 5 atom stereocenters. The summed E-state index contributed by atoms with van der Waals surface area (Å²) < 4.78 is 30.4. The van der Waals surface area contributed by atoms with Crippen LogP contribution in [0.5, 0.6) is 0 Å². The highest BCUT2D eigenvalue weighted by molar-refractivity contribution is 7.99. The third kappa shape index (κ3) is 8.65. The average Bonchev–Trinajstić information content (AvgIpc) is 3.49. The lowest BCUT2D eigenvalue weighted by atomic mass is 10.1. The summed E-state index contributed by atoms with van der Waals surface area (Å²) in [6.45, 7) is -0.460. The smallest absolute Gasteiger partial charge is 0.338 e. The summed E-state index contributed by atoms with van der Waals surface area (Å²) in [5.74, 6) is -2.78. The first-order valence-electron chi connectivity index (χ1n) is 15.8. The first kappa shape index (κ1) is 34.2. The minimum Gasteiger partial charge on any atom is -0.458 e. The van der Waals surface area contributed by atoms with Crippen molar-refractivity contribution in [2.45, 2.75) is 34.7 Å². The van der Waals surface area contributed by atoms with Gasteiger partial charge in [0.2, 0.25) is 0 Å². The molecular weight excluding hydrogens is 656 g/mol. The molecule has 0 radical (unpaired) electrons. The van der Waals surface area contributed by atoms with Gasteiger partial charge in [0.1, 0.15) is 18.1 Å². The number of esters is 4. The van der Waals surface area contributed by atoms with E-state index in [-0.39, 0.29) is 22.3 Å². The number of thioether (sulfide) groups is 1. The Bertz CT molecular complexity index is 1870. The van der Waals surface area contributed by atoms with Crippen LogP contribution in [0.4, 0.5) is 0 Å². The molecule has 1 heterocycles. The second kappa shape index (κ2) is 16.6. The van der Waals surface area contributed by atoms with Crippen LogP contribution in [0.25, 0.3) is 0 Å². The second-order valence-electron chi connectivity index (χ2n) is 11.1. The van der Waals surface area contributed by atoms with Gasteiger partial charge < -0.3 is 23.7 Å². The van der Waals surface area contributed by atoms with Crippen LogP contribution in [0.3, 0.4) is 0 Å². The molecule has 0 aliphatic carbocycles. The zero-order chi connectivity index (χ0) is 34.7. The Labute approximate surface area is 293 Å². The third-order valence-electron chi connectivity index (χ3n) is 7.73. The lowest BCUT2D eigenvalue weighted by molar-refractivity contribution is -0.0899. The van der Waals surface area contributed by atoms with Crippen LogP contribution in [0.2, 0.25) is 0 Å². The van der Waals surface area contributed by atoms with Gasteiger partial charge in [0.15, 0.2) is 18.3 Å². The van der Waals surface area contributed by atoms with Crippen LogP contribution < -0.4 is 0 Å². The van der Waals surface area contributed by atoms with Gasteiger partial charge >= 0.3 is 23.9 Å². The molecule has 0 saturated carbocycles. The minimum atomic E-state index is -1.31. The van der Waals surface area contributed by atoms with Crippen molar-refractivity contribution in [3.63, 3.8) is 0 Å². The van der Waals surface area contributed by atoms with Crippen molar-refractivity contribution in [3.05, 3.63) is 174 Å². The number of benzene rings is 5. The van der Waals surface area contributed by atoms with Crippen molar-refractivity contribution in [3.8, 4) is 0 Å². The summed E-state index contributed by atoms with van der Waals surface area (Å²) >= 11 is 1.24. The van der Waals surface area contributed by atoms with Gasteiger partial charge in [-0.1, -0.05) is 103 Å². The van der Waals surface area contributed by atoms with Gasteiger partial charge in [-0.15, -0.1) is 0 Å². The van der Waals surface area contributed by atoms with Gasteiger partial charge in [-0.25, -0.2) is 19.2 Å². The zero-order valence-electron chi connectivity index (χ0n) is 26.6. The van der Waals surface area contributed by atoms with E-state index in [2.05, 4.69) is 0 Å². The Balaban J connectivity index is 1.38. The summed E-state index contributed by atoms with van der Waals surface area (Å²) in [6.07, 6.45) is -5.04. The Hall–Kier alpha value is -5.71. The van der Waals surface area contributed by atoms with Crippen molar-refractivity contribution in [2.75, 3.05) is 6.61 Å². The SMILES string of the molecule is O=C(OCC(OC(=O)c1ccccc1)C1OC(Sc2ccccc2)C(OC(=O)c2ccccc2)C1OC(=O)c1ccccc1)c1ccccc1. The maximum Gasteiger partial charge on any atom is 0.338 e. The summed E-state index contributed by atoms with van der Waals surface area (Å²) in [6, 6.07) is 42.6. The predicted octanol–water partition coefficient (Wildman–Crippen LogP) is 7.04. The molecule has 0 spiro atoms. The van der Waals surface area contributed by atoms with Crippen molar-refractivity contribution in [1.29, 1.82) is 0 Å². The normalized spacial score (nSPS) is 18.7. The maximum atomic E-state index is 13.6. The van der Waals surface area contributed by atoms with E-state index in [0.29, 0.717) is 0 Å². The zero-order valence-corrected chi connectivity index (χ0v) is 27.4. The molecule has 6 rings (SSSR count). The van der Waals surface area contributed by atoms with Crippen molar-refractivity contribution in [1.82, 2.24) is 0 Å². The molecule has 5 unspecified atom stereocenters. The Morgan fingerprint density at radius 1 is 0.520 bits per heavy atom. The van der Waals surface area contributed by atoms with E-state index in [1.807, 2.05) is 30.3 Å². The van der Waals surface area contributed by atoms with E-state index < -0.39 is 60.3 Å². The maximum absolute atomic E-state index is 13.6. The van der Waals surface area contributed by atoms with Gasteiger partial charge in [-0.05, 0) is 60.7 Å². The fourth-order valence-electron chi connectivity index (χ4n) is 5.26. The highest BCUT2D eigenvalue weighted by atomic mass is 32.2. The second-order valence-corrected chi connectivity index (χ2v) is 12.3. The Morgan fingerprint density at radius 3 is 1.40 bits per heavy atom. The van der Waals surface area contributed by atoms with E-state index in [1.165, 1.54) is 11.8 Å². The van der Waals surface area contributed by atoms with Crippen LogP contribution in [-0.2, 0) is 23.7 Å². The first-order chi connectivity index (χ1) is 24.5.